The smallest absolute Gasteiger partial charge is 0.228 e. The molecule has 1 heterocycles. The lowest BCUT2D eigenvalue weighted by atomic mass is 9.90. The van der Waals surface area contributed by atoms with Gasteiger partial charge in [-0.05, 0) is 54.7 Å². The largest absolute Gasteiger partial charge is 0.326 e. The summed E-state index contributed by atoms with van der Waals surface area (Å²) in [7, 11) is 0. The third kappa shape index (κ3) is 2.45. The molecule has 2 aromatic rings. The summed E-state index contributed by atoms with van der Waals surface area (Å²) in [6.45, 7) is 6.31. The zero-order valence-electron chi connectivity index (χ0n) is 12.7. The quantitative estimate of drug-likeness (QED) is 0.888. The SMILES string of the molecule is Cc1cc(C)c(C(N)c2ccc3c(c2)CC(=O)N3)c(C)c1. The summed E-state index contributed by atoms with van der Waals surface area (Å²) in [5.74, 6) is 0.0541. The molecule has 21 heavy (non-hydrogen) atoms. The fraction of sp³-hybridized carbons (Fsp3) is 0.278. The molecule has 3 heteroatoms. The number of benzene rings is 2. The molecular weight excluding hydrogens is 260 g/mol. The van der Waals surface area contributed by atoms with Gasteiger partial charge in [0.15, 0.2) is 0 Å². The third-order valence-corrected chi connectivity index (χ3v) is 4.16. The van der Waals surface area contributed by atoms with Crippen molar-refractivity contribution >= 4 is 11.6 Å². The lowest BCUT2D eigenvalue weighted by molar-refractivity contribution is -0.115. The fourth-order valence-corrected chi connectivity index (χ4v) is 3.29. The monoisotopic (exact) mass is 280 g/mol. The summed E-state index contributed by atoms with van der Waals surface area (Å²) in [6, 6.07) is 10.2. The maximum Gasteiger partial charge on any atom is 0.228 e. The predicted octanol–water partition coefficient (Wildman–Crippen LogP) is 3.15. The molecule has 3 rings (SSSR count). The van der Waals surface area contributed by atoms with Gasteiger partial charge in [0.1, 0.15) is 0 Å². The highest BCUT2D eigenvalue weighted by Gasteiger charge is 2.20. The van der Waals surface area contributed by atoms with Crippen LogP contribution in [0.25, 0.3) is 0 Å². The van der Waals surface area contributed by atoms with E-state index in [-0.39, 0.29) is 11.9 Å². The van der Waals surface area contributed by atoms with E-state index in [1.807, 2.05) is 12.1 Å². The topological polar surface area (TPSA) is 55.1 Å². The Balaban J connectivity index is 2.02. The van der Waals surface area contributed by atoms with Gasteiger partial charge >= 0.3 is 0 Å². The van der Waals surface area contributed by atoms with Crippen LogP contribution in [0.1, 0.15) is 39.4 Å². The summed E-state index contributed by atoms with van der Waals surface area (Å²) in [6.07, 6.45) is 0.446. The Morgan fingerprint density at radius 1 is 1.10 bits per heavy atom. The van der Waals surface area contributed by atoms with Gasteiger partial charge < -0.3 is 11.1 Å². The van der Waals surface area contributed by atoms with Crippen molar-refractivity contribution < 1.29 is 4.79 Å². The molecule has 1 aliphatic heterocycles. The van der Waals surface area contributed by atoms with Crippen LogP contribution in [0.15, 0.2) is 30.3 Å². The standard InChI is InChI=1S/C18H20N2O/c1-10-6-11(2)17(12(3)7-10)18(19)13-4-5-15-14(8-13)9-16(21)20-15/h4-8,18H,9,19H2,1-3H3,(H,20,21). The number of hydrogen-bond acceptors (Lipinski definition) is 2. The molecule has 108 valence electrons. The molecule has 0 fully saturated rings. The van der Waals surface area contributed by atoms with Gasteiger partial charge in [0.25, 0.3) is 0 Å². The highest BCUT2D eigenvalue weighted by molar-refractivity contribution is 5.99. The van der Waals surface area contributed by atoms with Crippen LogP contribution >= 0.6 is 0 Å². The van der Waals surface area contributed by atoms with E-state index in [2.05, 4.69) is 44.3 Å². The van der Waals surface area contributed by atoms with Crippen molar-refractivity contribution in [3.05, 3.63) is 63.7 Å². The van der Waals surface area contributed by atoms with E-state index in [1.165, 1.54) is 22.3 Å². The summed E-state index contributed by atoms with van der Waals surface area (Å²) in [4.78, 5) is 11.5. The fourth-order valence-electron chi connectivity index (χ4n) is 3.29. The van der Waals surface area contributed by atoms with Crippen LogP contribution in [0.3, 0.4) is 0 Å². The molecule has 1 amide bonds. The first kappa shape index (κ1) is 13.8. The van der Waals surface area contributed by atoms with Crippen molar-refractivity contribution in [2.45, 2.75) is 33.2 Å². The van der Waals surface area contributed by atoms with E-state index in [4.69, 9.17) is 5.73 Å². The zero-order chi connectivity index (χ0) is 15.1. The summed E-state index contributed by atoms with van der Waals surface area (Å²) >= 11 is 0. The second-order valence-electron chi connectivity index (χ2n) is 5.93. The number of carbonyl (C=O) groups excluding carboxylic acids is 1. The van der Waals surface area contributed by atoms with Gasteiger partial charge in [-0.3, -0.25) is 4.79 Å². The van der Waals surface area contributed by atoms with Gasteiger partial charge in [0.2, 0.25) is 5.91 Å². The molecule has 1 atom stereocenters. The second kappa shape index (κ2) is 5.01. The number of rotatable bonds is 2. The van der Waals surface area contributed by atoms with Crippen molar-refractivity contribution in [3.8, 4) is 0 Å². The molecular formula is C18H20N2O. The van der Waals surface area contributed by atoms with Gasteiger partial charge in [0, 0.05) is 5.69 Å². The van der Waals surface area contributed by atoms with Gasteiger partial charge in [-0.15, -0.1) is 0 Å². The highest BCUT2D eigenvalue weighted by atomic mass is 16.1. The third-order valence-electron chi connectivity index (χ3n) is 4.16. The maximum atomic E-state index is 11.5. The zero-order valence-corrected chi connectivity index (χ0v) is 12.7. The molecule has 0 saturated heterocycles. The number of nitrogens with two attached hydrogens (primary N) is 1. The van der Waals surface area contributed by atoms with Crippen LogP contribution in [0.4, 0.5) is 5.69 Å². The van der Waals surface area contributed by atoms with Gasteiger partial charge in [0.05, 0.1) is 12.5 Å². The van der Waals surface area contributed by atoms with Gasteiger partial charge in [-0.25, -0.2) is 0 Å². The van der Waals surface area contributed by atoms with Crippen molar-refractivity contribution in [1.29, 1.82) is 0 Å². The predicted molar refractivity (Wildman–Crippen MR) is 85.5 cm³/mol. The number of amides is 1. The summed E-state index contributed by atoms with van der Waals surface area (Å²) < 4.78 is 0. The molecule has 1 unspecified atom stereocenters. The lowest BCUT2D eigenvalue weighted by Gasteiger charge is -2.19. The van der Waals surface area contributed by atoms with Gasteiger partial charge in [-0.2, -0.15) is 0 Å². The Morgan fingerprint density at radius 3 is 2.43 bits per heavy atom. The number of hydrogen-bond donors (Lipinski definition) is 2. The van der Waals surface area contributed by atoms with Crippen molar-refractivity contribution in [3.63, 3.8) is 0 Å². The molecule has 0 spiro atoms. The Bertz CT molecular complexity index is 711. The van der Waals surface area contributed by atoms with Crippen LogP contribution in [-0.2, 0) is 11.2 Å². The lowest BCUT2D eigenvalue weighted by Crippen LogP contribution is -2.15. The molecule has 0 aliphatic carbocycles. The van der Waals surface area contributed by atoms with E-state index in [1.54, 1.807) is 0 Å². The number of aryl methyl sites for hydroxylation is 3. The average Bonchev–Trinajstić information content (AvgIpc) is 2.76. The molecule has 1 aliphatic rings. The number of carbonyl (C=O) groups is 1. The minimum atomic E-state index is -0.161. The normalized spacial score (nSPS) is 14.8. The number of nitrogens with one attached hydrogen (secondary N) is 1. The Morgan fingerprint density at radius 2 is 1.76 bits per heavy atom. The van der Waals surface area contributed by atoms with Crippen molar-refractivity contribution in [1.82, 2.24) is 0 Å². The molecule has 3 nitrogen and oxygen atoms in total. The minimum absolute atomic E-state index is 0.0541. The van der Waals surface area contributed by atoms with Crippen LogP contribution < -0.4 is 11.1 Å². The van der Waals surface area contributed by atoms with Crippen LogP contribution in [-0.4, -0.2) is 5.91 Å². The maximum absolute atomic E-state index is 11.5. The van der Waals surface area contributed by atoms with E-state index in [0.29, 0.717) is 6.42 Å². The average molecular weight is 280 g/mol. The number of fused-ring (bicyclic) bond motifs is 1. The van der Waals surface area contributed by atoms with Crippen molar-refractivity contribution in [2.75, 3.05) is 5.32 Å². The molecule has 3 N–H and O–H groups in total. The Kier molecular flexibility index (Phi) is 3.30. The number of anilines is 1. The van der Waals surface area contributed by atoms with E-state index >= 15 is 0 Å². The minimum Gasteiger partial charge on any atom is -0.326 e. The van der Waals surface area contributed by atoms with E-state index < -0.39 is 0 Å². The first-order valence-electron chi connectivity index (χ1n) is 7.21. The first-order chi connectivity index (χ1) is 9.95. The highest BCUT2D eigenvalue weighted by Crippen LogP contribution is 2.31. The summed E-state index contributed by atoms with van der Waals surface area (Å²) in [5, 5.41) is 2.85. The molecule has 0 bridgehead atoms. The second-order valence-corrected chi connectivity index (χ2v) is 5.93. The van der Waals surface area contributed by atoms with Gasteiger partial charge in [-0.1, -0.05) is 29.8 Å². The Hall–Kier alpha value is -2.13. The van der Waals surface area contributed by atoms with Crippen LogP contribution in [0, 0.1) is 20.8 Å². The molecule has 0 aromatic heterocycles. The Labute approximate surface area is 125 Å². The molecule has 0 saturated carbocycles. The molecule has 2 aromatic carbocycles. The first-order valence-corrected chi connectivity index (χ1v) is 7.21. The van der Waals surface area contributed by atoms with Crippen molar-refractivity contribution in [2.24, 2.45) is 5.73 Å². The van der Waals surface area contributed by atoms with Crippen LogP contribution in [0.5, 0.6) is 0 Å². The van der Waals surface area contributed by atoms with E-state index in [9.17, 15) is 4.79 Å². The van der Waals surface area contributed by atoms with E-state index in [0.717, 1.165) is 16.8 Å². The molecule has 0 radical (unpaired) electrons. The van der Waals surface area contributed by atoms with Crippen LogP contribution in [0.2, 0.25) is 0 Å². The summed E-state index contributed by atoms with van der Waals surface area (Å²) in [5.41, 5.74) is 14.4.